The summed E-state index contributed by atoms with van der Waals surface area (Å²) in [6.45, 7) is 5.98. The van der Waals surface area contributed by atoms with Crippen molar-refractivity contribution in [3.63, 3.8) is 0 Å². The Bertz CT molecular complexity index is 323. The van der Waals surface area contributed by atoms with Gasteiger partial charge >= 0.3 is 0 Å². The standard InChI is InChI=1S/C15H24N2/c1-13(14-7-4-3-5-8-14)11-17-10-6-9-15(12-17)16-2/h3-5,7-8,13,15-16H,6,9-12H2,1-2H3. The third-order valence-corrected chi connectivity index (χ3v) is 3.81. The van der Waals surface area contributed by atoms with Gasteiger partial charge in [-0.2, -0.15) is 0 Å². The normalized spacial score (nSPS) is 23.5. The average molecular weight is 232 g/mol. The lowest BCUT2D eigenvalue weighted by molar-refractivity contribution is 0.187. The van der Waals surface area contributed by atoms with Crippen molar-refractivity contribution in [2.24, 2.45) is 0 Å². The molecule has 1 saturated heterocycles. The fourth-order valence-corrected chi connectivity index (χ4v) is 2.73. The second-order valence-corrected chi connectivity index (χ2v) is 5.20. The molecule has 1 N–H and O–H groups in total. The minimum absolute atomic E-state index is 0.631. The molecule has 1 aromatic rings. The molecule has 0 radical (unpaired) electrons. The van der Waals surface area contributed by atoms with Crippen molar-refractivity contribution < 1.29 is 0 Å². The Morgan fingerprint density at radius 1 is 1.35 bits per heavy atom. The van der Waals surface area contributed by atoms with Crippen molar-refractivity contribution in [3.05, 3.63) is 35.9 Å². The lowest BCUT2D eigenvalue weighted by Crippen LogP contribution is -2.45. The first-order valence-electron chi connectivity index (χ1n) is 6.74. The second-order valence-electron chi connectivity index (χ2n) is 5.20. The van der Waals surface area contributed by atoms with Crippen LogP contribution >= 0.6 is 0 Å². The molecule has 0 aliphatic carbocycles. The van der Waals surface area contributed by atoms with Gasteiger partial charge in [0.2, 0.25) is 0 Å². The smallest absolute Gasteiger partial charge is 0.0192 e. The van der Waals surface area contributed by atoms with Gasteiger partial charge in [-0.05, 0) is 37.9 Å². The third-order valence-electron chi connectivity index (χ3n) is 3.81. The Labute approximate surface area is 105 Å². The lowest BCUT2D eigenvalue weighted by Gasteiger charge is -2.34. The highest BCUT2D eigenvalue weighted by Gasteiger charge is 2.20. The van der Waals surface area contributed by atoms with Crippen LogP contribution in [0.5, 0.6) is 0 Å². The molecule has 1 fully saturated rings. The molecule has 0 aromatic heterocycles. The fraction of sp³-hybridized carbons (Fsp3) is 0.600. The molecule has 0 saturated carbocycles. The Morgan fingerprint density at radius 2 is 2.12 bits per heavy atom. The quantitative estimate of drug-likeness (QED) is 0.858. The van der Waals surface area contributed by atoms with Crippen molar-refractivity contribution in [1.29, 1.82) is 0 Å². The third kappa shape index (κ3) is 3.55. The van der Waals surface area contributed by atoms with Crippen molar-refractivity contribution in [2.45, 2.75) is 31.7 Å². The topological polar surface area (TPSA) is 15.3 Å². The van der Waals surface area contributed by atoms with Crippen LogP contribution in [0.15, 0.2) is 30.3 Å². The van der Waals surface area contributed by atoms with Gasteiger partial charge in [0.1, 0.15) is 0 Å². The summed E-state index contributed by atoms with van der Waals surface area (Å²) >= 11 is 0. The van der Waals surface area contributed by atoms with E-state index >= 15 is 0 Å². The molecule has 1 aromatic carbocycles. The van der Waals surface area contributed by atoms with E-state index in [4.69, 9.17) is 0 Å². The molecule has 1 heterocycles. The zero-order valence-electron chi connectivity index (χ0n) is 11.0. The maximum atomic E-state index is 3.41. The monoisotopic (exact) mass is 232 g/mol. The number of rotatable bonds is 4. The molecule has 17 heavy (non-hydrogen) atoms. The van der Waals surface area contributed by atoms with Crippen LogP contribution in [-0.2, 0) is 0 Å². The highest BCUT2D eigenvalue weighted by Crippen LogP contribution is 2.18. The number of hydrogen-bond acceptors (Lipinski definition) is 2. The van der Waals surface area contributed by atoms with Crippen LogP contribution in [0, 0.1) is 0 Å². The Hall–Kier alpha value is -0.860. The highest BCUT2D eigenvalue weighted by atomic mass is 15.2. The maximum Gasteiger partial charge on any atom is 0.0192 e. The molecule has 0 amide bonds. The molecule has 94 valence electrons. The number of piperidine rings is 1. The van der Waals surface area contributed by atoms with Gasteiger partial charge in [0.05, 0.1) is 0 Å². The average Bonchev–Trinajstić information content (AvgIpc) is 2.40. The van der Waals surface area contributed by atoms with E-state index in [1.807, 2.05) is 0 Å². The summed E-state index contributed by atoms with van der Waals surface area (Å²) in [4.78, 5) is 2.60. The van der Waals surface area contributed by atoms with Gasteiger partial charge < -0.3 is 10.2 Å². The summed E-state index contributed by atoms with van der Waals surface area (Å²) < 4.78 is 0. The molecule has 2 unspecified atom stereocenters. The summed E-state index contributed by atoms with van der Waals surface area (Å²) in [7, 11) is 2.08. The van der Waals surface area contributed by atoms with Crippen LogP contribution in [0.25, 0.3) is 0 Å². The molecule has 2 rings (SSSR count). The molecule has 2 heteroatoms. The van der Waals surface area contributed by atoms with E-state index in [1.54, 1.807) is 0 Å². The number of nitrogens with one attached hydrogen (secondary N) is 1. The first-order valence-corrected chi connectivity index (χ1v) is 6.74. The summed E-state index contributed by atoms with van der Waals surface area (Å²) in [6, 6.07) is 11.5. The van der Waals surface area contributed by atoms with E-state index in [9.17, 15) is 0 Å². The van der Waals surface area contributed by atoms with Gasteiger partial charge in [-0.3, -0.25) is 0 Å². The number of benzene rings is 1. The Balaban J connectivity index is 1.88. The van der Waals surface area contributed by atoms with Crippen molar-refractivity contribution in [2.75, 3.05) is 26.7 Å². The number of nitrogens with zero attached hydrogens (tertiary/aromatic N) is 1. The molecule has 2 nitrogen and oxygen atoms in total. The largest absolute Gasteiger partial charge is 0.316 e. The van der Waals surface area contributed by atoms with Crippen molar-refractivity contribution >= 4 is 0 Å². The maximum absolute atomic E-state index is 3.41. The molecule has 1 aliphatic rings. The molecule has 1 aliphatic heterocycles. The van der Waals surface area contributed by atoms with Gasteiger partial charge in [-0.25, -0.2) is 0 Å². The van der Waals surface area contributed by atoms with Crippen LogP contribution in [0.2, 0.25) is 0 Å². The van der Waals surface area contributed by atoms with Crippen LogP contribution in [0.3, 0.4) is 0 Å². The molecule has 0 bridgehead atoms. The SMILES string of the molecule is CNC1CCCN(CC(C)c2ccccc2)C1. The van der Waals surface area contributed by atoms with E-state index in [-0.39, 0.29) is 0 Å². The van der Waals surface area contributed by atoms with E-state index in [0.717, 1.165) is 0 Å². The summed E-state index contributed by atoms with van der Waals surface area (Å²) in [5.41, 5.74) is 1.46. The van der Waals surface area contributed by atoms with Gasteiger partial charge in [0, 0.05) is 19.1 Å². The van der Waals surface area contributed by atoms with Gasteiger partial charge in [0.15, 0.2) is 0 Å². The minimum atomic E-state index is 0.631. The van der Waals surface area contributed by atoms with Crippen LogP contribution in [0.1, 0.15) is 31.2 Å². The Morgan fingerprint density at radius 3 is 2.82 bits per heavy atom. The summed E-state index contributed by atoms with van der Waals surface area (Å²) in [5.74, 6) is 0.631. The first kappa shape index (κ1) is 12.6. The fourth-order valence-electron chi connectivity index (χ4n) is 2.73. The van der Waals surface area contributed by atoms with E-state index < -0.39 is 0 Å². The predicted molar refractivity (Wildman–Crippen MR) is 73.4 cm³/mol. The van der Waals surface area contributed by atoms with Crippen LogP contribution in [-0.4, -0.2) is 37.6 Å². The number of likely N-dealkylation sites (tertiary alicyclic amines) is 1. The molecule has 2 atom stereocenters. The second kappa shape index (κ2) is 6.18. The van der Waals surface area contributed by atoms with Crippen molar-refractivity contribution in [1.82, 2.24) is 10.2 Å². The van der Waals surface area contributed by atoms with E-state index in [0.29, 0.717) is 12.0 Å². The van der Waals surface area contributed by atoms with Gasteiger partial charge in [-0.15, -0.1) is 0 Å². The number of likely N-dealkylation sites (N-methyl/N-ethyl adjacent to an activating group) is 1. The van der Waals surface area contributed by atoms with Gasteiger partial charge in [-0.1, -0.05) is 37.3 Å². The predicted octanol–water partition coefficient (Wildman–Crippen LogP) is 2.47. The van der Waals surface area contributed by atoms with Crippen LogP contribution < -0.4 is 5.32 Å². The van der Waals surface area contributed by atoms with Crippen LogP contribution in [0.4, 0.5) is 0 Å². The lowest BCUT2D eigenvalue weighted by atomic mass is 9.98. The Kier molecular flexibility index (Phi) is 4.57. The van der Waals surface area contributed by atoms with E-state index in [1.165, 1.54) is 38.0 Å². The highest BCUT2D eigenvalue weighted by molar-refractivity contribution is 5.19. The zero-order chi connectivity index (χ0) is 12.1. The summed E-state index contributed by atoms with van der Waals surface area (Å²) in [5, 5.41) is 3.41. The summed E-state index contributed by atoms with van der Waals surface area (Å²) in [6.07, 6.45) is 2.65. The first-order chi connectivity index (χ1) is 8.29. The molecular formula is C15H24N2. The van der Waals surface area contributed by atoms with Crippen molar-refractivity contribution in [3.8, 4) is 0 Å². The molecule has 0 spiro atoms. The minimum Gasteiger partial charge on any atom is -0.316 e. The zero-order valence-corrected chi connectivity index (χ0v) is 11.0. The van der Waals surface area contributed by atoms with E-state index in [2.05, 4.69) is 54.5 Å². The van der Waals surface area contributed by atoms with Gasteiger partial charge in [0.25, 0.3) is 0 Å². The number of hydrogen-bond donors (Lipinski definition) is 1. The molecular weight excluding hydrogens is 208 g/mol.